The van der Waals surface area contributed by atoms with Crippen molar-refractivity contribution in [2.45, 2.75) is 6.54 Å². The molecule has 4 heteroatoms. The van der Waals surface area contributed by atoms with Crippen LogP contribution in [0.5, 0.6) is 0 Å². The van der Waals surface area contributed by atoms with E-state index in [1.54, 1.807) is 17.6 Å². The molecule has 0 aliphatic rings. The van der Waals surface area contributed by atoms with Gasteiger partial charge in [-0.2, -0.15) is 5.10 Å². The highest BCUT2D eigenvalue weighted by Gasteiger charge is 2.06. The first-order valence-electron chi connectivity index (χ1n) is 8.02. The average Bonchev–Trinajstić information content (AvgIpc) is 3.06. The summed E-state index contributed by atoms with van der Waals surface area (Å²) in [6.07, 6.45) is 7.47. The Morgan fingerprint density at radius 2 is 1.72 bits per heavy atom. The molecule has 25 heavy (non-hydrogen) atoms. The minimum absolute atomic E-state index is 0.696. The lowest BCUT2D eigenvalue weighted by atomic mass is 10.2. The number of rotatable bonds is 6. The topological polar surface area (TPSA) is 29.6 Å². The normalized spacial score (nSPS) is 12.2. The minimum atomic E-state index is 0.696. The first kappa shape index (κ1) is 16.9. The monoisotopic (exact) mass is 345 g/mol. The van der Waals surface area contributed by atoms with Crippen LogP contribution in [0.4, 0.5) is 0 Å². The van der Waals surface area contributed by atoms with E-state index in [1.807, 2.05) is 66.8 Å². The Kier molecular flexibility index (Phi) is 5.91. The van der Waals surface area contributed by atoms with Crippen molar-refractivity contribution >= 4 is 23.6 Å². The van der Waals surface area contributed by atoms with Crippen LogP contribution in [0.1, 0.15) is 5.56 Å². The Morgan fingerprint density at radius 1 is 1.00 bits per heavy atom. The fourth-order valence-corrected chi connectivity index (χ4v) is 3.27. The van der Waals surface area contributed by atoms with Crippen molar-refractivity contribution in [1.82, 2.24) is 4.57 Å². The van der Waals surface area contributed by atoms with Crippen LogP contribution < -0.4 is 4.80 Å². The summed E-state index contributed by atoms with van der Waals surface area (Å²) in [5.41, 5.74) is 3.42. The zero-order chi connectivity index (χ0) is 17.3. The van der Waals surface area contributed by atoms with Crippen molar-refractivity contribution in [3.63, 3.8) is 0 Å². The Balaban J connectivity index is 1.83. The summed E-state index contributed by atoms with van der Waals surface area (Å²) in [5.74, 6) is 0. The second-order valence-corrected chi connectivity index (χ2v) is 6.14. The molecule has 0 aliphatic heterocycles. The van der Waals surface area contributed by atoms with E-state index in [9.17, 15) is 0 Å². The van der Waals surface area contributed by atoms with Crippen molar-refractivity contribution < 1.29 is 0 Å². The van der Waals surface area contributed by atoms with E-state index in [-0.39, 0.29) is 0 Å². The van der Waals surface area contributed by atoms with Crippen molar-refractivity contribution in [2.75, 3.05) is 0 Å². The second kappa shape index (κ2) is 8.76. The highest BCUT2D eigenvalue weighted by atomic mass is 32.1. The van der Waals surface area contributed by atoms with E-state index >= 15 is 0 Å². The molecule has 2 aromatic carbocycles. The van der Waals surface area contributed by atoms with Gasteiger partial charge in [-0.25, -0.2) is 0 Å². The van der Waals surface area contributed by atoms with Gasteiger partial charge in [0.1, 0.15) is 0 Å². The third-order valence-electron chi connectivity index (χ3n) is 3.56. The fourth-order valence-electron chi connectivity index (χ4n) is 2.39. The van der Waals surface area contributed by atoms with E-state index in [0.717, 1.165) is 21.6 Å². The van der Waals surface area contributed by atoms with Gasteiger partial charge >= 0.3 is 0 Å². The molecule has 1 heterocycles. The van der Waals surface area contributed by atoms with Crippen molar-refractivity contribution in [3.05, 3.63) is 95.1 Å². The van der Waals surface area contributed by atoms with E-state index in [4.69, 9.17) is 0 Å². The summed E-state index contributed by atoms with van der Waals surface area (Å²) in [7, 11) is 0. The summed E-state index contributed by atoms with van der Waals surface area (Å²) in [6.45, 7) is 4.54. The Morgan fingerprint density at radius 3 is 2.44 bits per heavy atom. The number of aromatic nitrogens is 1. The van der Waals surface area contributed by atoms with Crippen LogP contribution in [0.25, 0.3) is 17.3 Å². The summed E-state index contributed by atoms with van der Waals surface area (Å²) in [4.78, 5) is 0.850. The summed E-state index contributed by atoms with van der Waals surface area (Å²) in [5, 5.41) is 10.6. The molecular formula is C21H19N3S. The maximum absolute atomic E-state index is 4.35. The average molecular weight is 345 g/mol. The maximum Gasteiger partial charge on any atom is 0.211 e. The van der Waals surface area contributed by atoms with Gasteiger partial charge in [0, 0.05) is 18.1 Å². The Labute approximate surface area is 151 Å². The molecule has 0 bridgehead atoms. The van der Waals surface area contributed by atoms with Crippen LogP contribution in [-0.4, -0.2) is 10.8 Å². The molecule has 1 aromatic heterocycles. The number of allylic oxidation sites excluding steroid dienone is 2. The number of benzene rings is 2. The van der Waals surface area contributed by atoms with Crippen LogP contribution in [0.2, 0.25) is 0 Å². The van der Waals surface area contributed by atoms with Gasteiger partial charge in [0.05, 0.1) is 5.69 Å². The van der Waals surface area contributed by atoms with Crippen LogP contribution in [0, 0.1) is 0 Å². The van der Waals surface area contributed by atoms with Crippen LogP contribution in [0.3, 0.4) is 0 Å². The summed E-state index contributed by atoms with van der Waals surface area (Å²) >= 11 is 1.58. The molecule has 0 N–H and O–H groups in total. The van der Waals surface area contributed by atoms with E-state index in [0.29, 0.717) is 6.54 Å². The van der Waals surface area contributed by atoms with Gasteiger partial charge in [0.15, 0.2) is 0 Å². The maximum atomic E-state index is 4.35. The van der Waals surface area contributed by atoms with Crippen LogP contribution in [0.15, 0.2) is 95.0 Å². The van der Waals surface area contributed by atoms with Gasteiger partial charge in [-0.15, -0.1) is 23.0 Å². The zero-order valence-electron chi connectivity index (χ0n) is 13.8. The summed E-state index contributed by atoms with van der Waals surface area (Å²) in [6, 6.07) is 20.4. The molecule has 0 spiro atoms. The van der Waals surface area contributed by atoms with Crippen LogP contribution >= 0.6 is 11.3 Å². The molecule has 0 aliphatic carbocycles. The van der Waals surface area contributed by atoms with E-state index in [1.165, 1.54) is 0 Å². The lowest BCUT2D eigenvalue weighted by Gasteiger charge is -2.05. The fraction of sp³-hybridized carbons (Fsp3) is 0.0476. The molecule has 0 saturated heterocycles. The molecule has 0 fully saturated rings. The van der Waals surface area contributed by atoms with Gasteiger partial charge < -0.3 is 4.57 Å². The van der Waals surface area contributed by atoms with Gasteiger partial charge in [0.2, 0.25) is 4.80 Å². The third-order valence-corrected chi connectivity index (χ3v) is 4.42. The molecule has 3 rings (SSSR count). The van der Waals surface area contributed by atoms with Gasteiger partial charge in [0.25, 0.3) is 0 Å². The predicted molar refractivity (Wildman–Crippen MR) is 107 cm³/mol. The van der Waals surface area contributed by atoms with E-state index in [2.05, 4.69) is 38.9 Å². The number of thiazole rings is 1. The number of nitrogens with zero attached hydrogens (tertiary/aromatic N) is 3. The molecule has 0 unspecified atom stereocenters. The number of hydrogen-bond acceptors (Lipinski definition) is 3. The quantitative estimate of drug-likeness (QED) is 0.342. The molecule has 3 aromatic rings. The standard InChI is InChI=1S/C21H19N3S/c1-2-16-24-20(19-13-7-4-8-14-19)17-25-21(24)23-22-15-9-12-18-10-5-3-6-11-18/h2-15,17H,1,16H2/b12-9+,22-15+,23-21-. The van der Waals surface area contributed by atoms with Crippen LogP contribution in [-0.2, 0) is 6.54 Å². The zero-order valence-corrected chi connectivity index (χ0v) is 14.6. The molecule has 3 nitrogen and oxygen atoms in total. The van der Waals surface area contributed by atoms with Gasteiger partial charge in [-0.3, -0.25) is 0 Å². The van der Waals surface area contributed by atoms with E-state index < -0.39 is 0 Å². The molecule has 0 radical (unpaired) electrons. The van der Waals surface area contributed by atoms with Crippen molar-refractivity contribution in [3.8, 4) is 11.3 Å². The Hall–Kier alpha value is -2.98. The Bertz CT molecular complexity index is 932. The highest BCUT2D eigenvalue weighted by Crippen LogP contribution is 2.19. The highest BCUT2D eigenvalue weighted by molar-refractivity contribution is 7.07. The molecule has 124 valence electrons. The smallest absolute Gasteiger partial charge is 0.211 e. The largest absolute Gasteiger partial charge is 0.311 e. The minimum Gasteiger partial charge on any atom is -0.311 e. The molecule has 0 saturated carbocycles. The first-order chi connectivity index (χ1) is 12.4. The molecule has 0 amide bonds. The predicted octanol–water partition coefficient (Wildman–Crippen LogP) is 5.00. The SMILES string of the molecule is C=CCn1c(-c2ccccc2)cs\c1=N/N=C/C=C/c1ccccc1. The second-order valence-electron chi connectivity index (χ2n) is 5.30. The lowest BCUT2D eigenvalue weighted by Crippen LogP contribution is -2.14. The molecule has 0 atom stereocenters. The lowest BCUT2D eigenvalue weighted by molar-refractivity contribution is 0.789. The number of hydrogen-bond donors (Lipinski definition) is 0. The third kappa shape index (κ3) is 4.52. The van der Waals surface area contributed by atoms with Crippen molar-refractivity contribution in [1.29, 1.82) is 0 Å². The van der Waals surface area contributed by atoms with Gasteiger partial charge in [-0.05, 0) is 17.2 Å². The van der Waals surface area contributed by atoms with Crippen molar-refractivity contribution in [2.24, 2.45) is 10.2 Å². The van der Waals surface area contributed by atoms with Gasteiger partial charge in [-0.1, -0.05) is 72.8 Å². The summed E-state index contributed by atoms with van der Waals surface area (Å²) < 4.78 is 2.12. The molecular weight excluding hydrogens is 326 g/mol. The first-order valence-corrected chi connectivity index (χ1v) is 8.90.